The van der Waals surface area contributed by atoms with E-state index < -0.39 is 15.9 Å². The number of benzene rings is 2. The molecule has 0 radical (unpaired) electrons. The van der Waals surface area contributed by atoms with Gasteiger partial charge in [-0.15, -0.1) is 0 Å². The molecule has 0 fully saturated rings. The van der Waals surface area contributed by atoms with Gasteiger partial charge >= 0.3 is 0 Å². The molecule has 1 unspecified atom stereocenters. The van der Waals surface area contributed by atoms with Crippen molar-refractivity contribution in [3.63, 3.8) is 0 Å². The number of methoxy groups -OCH3 is 1. The van der Waals surface area contributed by atoms with Crippen molar-refractivity contribution in [1.82, 2.24) is 5.32 Å². The summed E-state index contributed by atoms with van der Waals surface area (Å²) in [5, 5.41) is 16.7. The molecule has 25 heavy (non-hydrogen) atoms. The summed E-state index contributed by atoms with van der Waals surface area (Å²) in [6.45, 7) is 1.77. The fourth-order valence-corrected chi connectivity index (χ4v) is 2.79. The Kier molecular flexibility index (Phi) is 5.41. The second-order valence-electron chi connectivity index (χ2n) is 5.34. The van der Waals surface area contributed by atoms with E-state index in [4.69, 9.17) is 15.1 Å². The topological polar surface area (TPSA) is 122 Å². The van der Waals surface area contributed by atoms with Gasteiger partial charge in [0.15, 0.2) is 0 Å². The maximum Gasteiger partial charge on any atom is 0.255 e. The third-order valence-electron chi connectivity index (χ3n) is 3.63. The summed E-state index contributed by atoms with van der Waals surface area (Å²) in [5.74, 6) is -0.267. The molecule has 1 amide bonds. The van der Waals surface area contributed by atoms with Crippen LogP contribution in [0.5, 0.6) is 5.75 Å². The average molecular weight is 359 g/mol. The molecule has 0 saturated heterocycles. The number of hydrogen-bond acceptors (Lipinski definition) is 5. The zero-order valence-electron chi connectivity index (χ0n) is 13.7. The van der Waals surface area contributed by atoms with Crippen molar-refractivity contribution < 1.29 is 17.9 Å². The number of nitrogens with zero attached hydrogens (tertiary/aromatic N) is 1. The second kappa shape index (κ2) is 7.34. The lowest BCUT2D eigenvalue weighted by Crippen LogP contribution is -2.27. The SMILES string of the molecule is COc1ccc(S(N)(=O)=O)cc1C(=O)NC(C)c1ccc(C#N)cc1. The highest BCUT2D eigenvalue weighted by Crippen LogP contribution is 2.23. The van der Waals surface area contributed by atoms with Crippen LogP contribution in [-0.4, -0.2) is 21.4 Å². The molecule has 0 aromatic heterocycles. The summed E-state index contributed by atoms with van der Waals surface area (Å²) >= 11 is 0. The number of carbonyl (C=O) groups excluding carboxylic acids is 1. The molecular formula is C17H17N3O4S. The van der Waals surface area contributed by atoms with Crippen LogP contribution >= 0.6 is 0 Å². The lowest BCUT2D eigenvalue weighted by atomic mass is 10.1. The molecule has 0 aliphatic carbocycles. The molecule has 1 atom stereocenters. The van der Waals surface area contributed by atoms with E-state index in [1.165, 1.54) is 25.3 Å². The van der Waals surface area contributed by atoms with Crippen LogP contribution in [0.4, 0.5) is 0 Å². The predicted molar refractivity (Wildman–Crippen MR) is 91.4 cm³/mol. The summed E-state index contributed by atoms with van der Waals surface area (Å²) in [4.78, 5) is 12.4. The first-order chi connectivity index (χ1) is 11.8. The van der Waals surface area contributed by atoms with Gasteiger partial charge in [0.2, 0.25) is 10.0 Å². The van der Waals surface area contributed by atoms with Crippen LogP contribution in [0.3, 0.4) is 0 Å². The molecule has 130 valence electrons. The van der Waals surface area contributed by atoms with E-state index in [0.29, 0.717) is 5.56 Å². The fourth-order valence-electron chi connectivity index (χ4n) is 2.25. The first-order valence-corrected chi connectivity index (χ1v) is 8.82. The van der Waals surface area contributed by atoms with Crippen molar-refractivity contribution in [3.8, 4) is 11.8 Å². The minimum absolute atomic E-state index is 0.0644. The van der Waals surface area contributed by atoms with Gasteiger partial charge in [0.25, 0.3) is 5.91 Å². The van der Waals surface area contributed by atoms with Crippen LogP contribution in [0, 0.1) is 11.3 Å². The van der Waals surface area contributed by atoms with E-state index in [9.17, 15) is 13.2 Å². The smallest absolute Gasteiger partial charge is 0.255 e. The quantitative estimate of drug-likeness (QED) is 0.841. The van der Waals surface area contributed by atoms with E-state index in [2.05, 4.69) is 5.32 Å². The highest BCUT2D eigenvalue weighted by molar-refractivity contribution is 7.89. The van der Waals surface area contributed by atoms with Gasteiger partial charge < -0.3 is 10.1 Å². The molecule has 2 rings (SSSR count). The van der Waals surface area contributed by atoms with Gasteiger partial charge in [0.05, 0.1) is 35.2 Å². The number of ether oxygens (including phenoxy) is 1. The van der Waals surface area contributed by atoms with Gasteiger partial charge in [-0.05, 0) is 42.8 Å². The van der Waals surface area contributed by atoms with Crippen LogP contribution < -0.4 is 15.2 Å². The van der Waals surface area contributed by atoms with Crippen molar-refractivity contribution >= 4 is 15.9 Å². The van der Waals surface area contributed by atoms with Crippen molar-refractivity contribution in [2.75, 3.05) is 7.11 Å². The van der Waals surface area contributed by atoms with Crippen LogP contribution in [0.2, 0.25) is 0 Å². The third-order valence-corrected chi connectivity index (χ3v) is 4.54. The Morgan fingerprint density at radius 2 is 1.88 bits per heavy atom. The average Bonchev–Trinajstić information content (AvgIpc) is 2.60. The molecule has 2 aromatic rings. The van der Waals surface area contributed by atoms with Crippen LogP contribution in [-0.2, 0) is 10.0 Å². The first-order valence-electron chi connectivity index (χ1n) is 7.28. The van der Waals surface area contributed by atoms with Gasteiger partial charge in [-0.25, -0.2) is 13.6 Å². The lowest BCUT2D eigenvalue weighted by Gasteiger charge is -2.16. The van der Waals surface area contributed by atoms with E-state index in [1.807, 2.05) is 6.07 Å². The monoisotopic (exact) mass is 359 g/mol. The summed E-state index contributed by atoms with van der Waals surface area (Å²) in [6, 6.07) is 12.3. The Bertz CT molecular complexity index is 931. The fraction of sp³-hybridized carbons (Fsp3) is 0.176. The summed E-state index contributed by atoms with van der Waals surface area (Å²) in [7, 11) is -2.56. The number of carbonyl (C=O) groups is 1. The maximum atomic E-state index is 12.5. The first kappa shape index (κ1) is 18.4. The van der Waals surface area contributed by atoms with Crippen LogP contribution in [0.15, 0.2) is 47.4 Å². The van der Waals surface area contributed by atoms with Crippen molar-refractivity contribution in [2.24, 2.45) is 5.14 Å². The second-order valence-corrected chi connectivity index (χ2v) is 6.90. The Hall–Kier alpha value is -2.89. The summed E-state index contributed by atoms with van der Waals surface area (Å²) in [6.07, 6.45) is 0. The lowest BCUT2D eigenvalue weighted by molar-refractivity contribution is 0.0936. The number of rotatable bonds is 5. The standard InChI is InChI=1S/C17H17N3O4S/c1-11(13-5-3-12(10-18)4-6-13)20-17(21)15-9-14(25(19,22)23)7-8-16(15)24-2/h3-9,11H,1-2H3,(H,20,21)(H2,19,22,23). The van der Waals surface area contributed by atoms with Crippen molar-refractivity contribution in [3.05, 3.63) is 59.2 Å². The number of amides is 1. The molecule has 7 nitrogen and oxygen atoms in total. The molecule has 3 N–H and O–H groups in total. The number of nitriles is 1. The largest absolute Gasteiger partial charge is 0.496 e. The van der Waals surface area contributed by atoms with Crippen molar-refractivity contribution in [2.45, 2.75) is 17.9 Å². The molecule has 0 saturated carbocycles. The summed E-state index contributed by atoms with van der Waals surface area (Å²) in [5.41, 5.74) is 1.38. The number of hydrogen-bond donors (Lipinski definition) is 2. The number of nitrogens with two attached hydrogens (primary N) is 1. The molecule has 2 aromatic carbocycles. The molecule has 0 bridgehead atoms. The van der Waals surface area contributed by atoms with E-state index in [-0.39, 0.29) is 22.3 Å². The Balaban J connectivity index is 2.28. The Morgan fingerprint density at radius 1 is 1.24 bits per heavy atom. The van der Waals surface area contributed by atoms with Crippen LogP contribution in [0.1, 0.15) is 34.5 Å². The number of nitrogens with one attached hydrogen (secondary N) is 1. The predicted octanol–water partition coefficient (Wildman–Crippen LogP) is 1.71. The Morgan fingerprint density at radius 3 is 2.40 bits per heavy atom. The van der Waals surface area contributed by atoms with Gasteiger partial charge in [-0.3, -0.25) is 4.79 Å². The highest BCUT2D eigenvalue weighted by atomic mass is 32.2. The summed E-state index contributed by atoms with van der Waals surface area (Å²) < 4.78 is 28.1. The molecule has 8 heteroatoms. The zero-order valence-corrected chi connectivity index (χ0v) is 14.5. The van der Waals surface area contributed by atoms with Crippen molar-refractivity contribution in [1.29, 1.82) is 5.26 Å². The minimum atomic E-state index is -3.94. The number of primary sulfonamides is 1. The van der Waals surface area contributed by atoms with Gasteiger partial charge in [-0.1, -0.05) is 12.1 Å². The number of sulfonamides is 1. The molecule has 0 spiro atoms. The molecule has 0 aliphatic heterocycles. The normalized spacial score (nSPS) is 12.1. The van der Waals surface area contributed by atoms with E-state index >= 15 is 0 Å². The molecular weight excluding hydrogens is 342 g/mol. The minimum Gasteiger partial charge on any atom is -0.496 e. The maximum absolute atomic E-state index is 12.5. The van der Waals surface area contributed by atoms with Crippen LogP contribution in [0.25, 0.3) is 0 Å². The highest BCUT2D eigenvalue weighted by Gasteiger charge is 2.19. The third kappa shape index (κ3) is 4.35. The van der Waals surface area contributed by atoms with Gasteiger partial charge in [0.1, 0.15) is 5.75 Å². The van der Waals surface area contributed by atoms with E-state index in [1.54, 1.807) is 31.2 Å². The van der Waals surface area contributed by atoms with Gasteiger partial charge in [0, 0.05) is 0 Å². The Labute approximate surface area is 146 Å². The molecule has 0 aliphatic rings. The molecule has 0 heterocycles. The van der Waals surface area contributed by atoms with E-state index in [0.717, 1.165) is 5.56 Å². The van der Waals surface area contributed by atoms with Gasteiger partial charge in [-0.2, -0.15) is 5.26 Å². The zero-order chi connectivity index (χ0) is 18.6.